The molecule has 4 atom stereocenters. The van der Waals surface area contributed by atoms with Gasteiger partial charge in [0.05, 0.1) is 24.4 Å². The summed E-state index contributed by atoms with van der Waals surface area (Å²) in [7, 11) is 0. The first-order chi connectivity index (χ1) is 5.09. The van der Waals surface area contributed by atoms with Crippen molar-refractivity contribution in [2.24, 2.45) is 0 Å². The Kier molecular flexibility index (Phi) is 2.90. The molecule has 1 fully saturated rings. The van der Waals surface area contributed by atoms with Crippen LogP contribution in [0.25, 0.3) is 0 Å². The van der Waals surface area contributed by atoms with Crippen LogP contribution in [0.3, 0.4) is 0 Å². The van der Waals surface area contributed by atoms with E-state index in [4.69, 9.17) is 9.47 Å². The molecule has 2 unspecified atom stereocenters. The normalized spacial score (nSPS) is 46.9. The van der Waals surface area contributed by atoms with Crippen LogP contribution in [0.2, 0.25) is 0 Å². The Labute approximate surface area is 68.9 Å². The SMILES string of the molecule is CC1O[C@H](C)C[C@H](C)OC1C. The lowest BCUT2D eigenvalue weighted by Gasteiger charge is -2.18. The van der Waals surface area contributed by atoms with Crippen LogP contribution in [0.5, 0.6) is 0 Å². The maximum atomic E-state index is 5.67. The average molecular weight is 158 g/mol. The fraction of sp³-hybridized carbons (Fsp3) is 1.00. The van der Waals surface area contributed by atoms with E-state index < -0.39 is 0 Å². The Morgan fingerprint density at radius 2 is 1.18 bits per heavy atom. The first-order valence-corrected chi connectivity index (χ1v) is 4.40. The second-order valence-corrected chi connectivity index (χ2v) is 3.54. The molecule has 0 aromatic rings. The third-order valence-corrected chi connectivity index (χ3v) is 2.22. The van der Waals surface area contributed by atoms with Crippen molar-refractivity contribution in [1.82, 2.24) is 0 Å². The number of hydrogen-bond acceptors (Lipinski definition) is 2. The highest BCUT2D eigenvalue weighted by atomic mass is 16.6. The fourth-order valence-corrected chi connectivity index (χ4v) is 1.53. The Morgan fingerprint density at radius 1 is 0.818 bits per heavy atom. The van der Waals surface area contributed by atoms with Crippen molar-refractivity contribution < 1.29 is 9.47 Å². The van der Waals surface area contributed by atoms with Crippen molar-refractivity contribution in [3.8, 4) is 0 Å². The smallest absolute Gasteiger partial charge is 0.0809 e. The minimum Gasteiger partial charge on any atom is -0.373 e. The molecule has 0 saturated carbocycles. The Balaban J connectivity index is 2.51. The molecule has 66 valence electrons. The van der Waals surface area contributed by atoms with Gasteiger partial charge in [0.2, 0.25) is 0 Å². The molecule has 1 aliphatic heterocycles. The lowest BCUT2D eigenvalue weighted by Crippen LogP contribution is -2.26. The molecule has 1 heterocycles. The van der Waals surface area contributed by atoms with E-state index in [1.54, 1.807) is 0 Å². The molecular formula is C9H18O2. The molecule has 2 heteroatoms. The molecule has 0 bridgehead atoms. The highest BCUT2D eigenvalue weighted by Gasteiger charge is 2.24. The zero-order valence-electron chi connectivity index (χ0n) is 7.83. The van der Waals surface area contributed by atoms with Gasteiger partial charge < -0.3 is 9.47 Å². The summed E-state index contributed by atoms with van der Waals surface area (Å²) in [5, 5.41) is 0. The molecule has 1 rings (SSSR count). The van der Waals surface area contributed by atoms with Crippen LogP contribution >= 0.6 is 0 Å². The molecular weight excluding hydrogens is 140 g/mol. The van der Waals surface area contributed by atoms with Gasteiger partial charge in [0.15, 0.2) is 0 Å². The maximum absolute atomic E-state index is 5.67. The van der Waals surface area contributed by atoms with Crippen molar-refractivity contribution in [3.63, 3.8) is 0 Å². The topological polar surface area (TPSA) is 18.5 Å². The quantitative estimate of drug-likeness (QED) is 0.536. The molecule has 0 spiro atoms. The number of rotatable bonds is 0. The van der Waals surface area contributed by atoms with Gasteiger partial charge in [0.25, 0.3) is 0 Å². The summed E-state index contributed by atoms with van der Waals surface area (Å²) < 4.78 is 11.3. The van der Waals surface area contributed by atoms with Crippen molar-refractivity contribution in [2.75, 3.05) is 0 Å². The van der Waals surface area contributed by atoms with Crippen LogP contribution in [-0.2, 0) is 9.47 Å². The van der Waals surface area contributed by atoms with Crippen LogP contribution in [0.1, 0.15) is 34.1 Å². The predicted molar refractivity (Wildman–Crippen MR) is 44.6 cm³/mol. The van der Waals surface area contributed by atoms with E-state index in [1.807, 2.05) is 0 Å². The standard InChI is InChI=1S/C9H18O2/c1-6-5-7(2)11-9(4)8(3)10-6/h6-9H,5H2,1-4H3/t6-,7+,8?,9?. The van der Waals surface area contributed by atoms with Crippen LogP contribution in [0.15, 0.2) is 0 Å². The van der Waals surface area contributed by atoms with E-state index in [0.29, 0.717) is 12.2 Å². The highest BCUT2D eigenvalue weighted by molar-refractivity contribution is 4.71. The Bertz CT molecular complexity index is 111. The number of hydrogen-bond donors (Lipinski definition) is 0. The van der Waals surface area contributed by atoms with Gasteiger partial charge in [-0.3, -0.25) is 0 Å². The van der Waals surface area contributed by atoms with Gasteiger partial charge in [-0.15, -0.1) is 0 Å². The molecule has 0 aromatic heterocycles. The van der Waals surface area contributed by atoms with Crippen LogP contribution in [0.4, 0.5) is 0 Å². The monoisotopic (exact) mass is 158 g/mol. The van der Waals surface area contributed by atoms with Gasteiger partial charge in [-0.25, -0.2) is 0 Å². The zero-order chi connectivity index (χ0) is 8.43. The summed E-state index contributed by atoms with van der Waals surface area (Å²) in [4.78, 5) is 0. The molecule has 0 amide bonds. The predicted octanol–water partition coefficient (Wildman–Crippen LogP) is 1.98. The summed E-state index contributed by atoms with van der Waals surface area (Å²) in [6, 6.07) is 0. The lowest BCUT2D eigenvalue weighted by molar-refractivity contribution is -0.0510. The summed E-state index contributed by atoms with van der Waals surface area (Å²) >= 11 is 0. The van der Waals surface area contributed by atoms with Crippen molar-refractivity contribution in [2.45, 2.75) is 58.5 Å². The van der Waals surface area contributed by atoms with E-state index in [1.165, 1.54) is 0 Å². The van der Waals surface area contributed by atoms with E-state index in [0.717, 1.165) is 6.42 Å². The van der Waals surface area contributed by atoms with Crippen LogP contribution in [0, 0.1) is 0 Å². The van der Waals surface area contributed by atoms with Gasteiger partial charge in [0.1, 0.15) is 0 Å². The molecule has 0 aromatic carbocycles. The second kappa shape index (κ2) is 3.55. The molecule has 1 aliphatic rings. The Morgan fingerprint density at radius 3 is 1.55 bits per heavy atom. The zero-order valence-corrected chi connectivity index (χ0v) is 7.83. The molecule has 0 aliphatic carbocycles. The van der Waals surface area contributed by atoms with Gasteiger partial charge >= 0.3 is 0 Å². The molecule has 0 radical (unpaired) electrons. The largest absolute Gasteiger partial charge is 0.373 e. The third-order valence-electron chi connectivity index (χ3n) is 2.22. The summed E-state index contributed by atoms with van der Waals surface area (Å²) in [6.45, 7) is 8.35. The number of ether oxygens (including phenoxy) is 2. The first-order valence-electron chi connectivity index (χ1n) is 4.40. The first kappa shape index (κ1) is 9.01. The molecule has 2 nitrogen and oxygen atoms in total. The Hall–Kier alpha value is -0.0800. The van der Waals surface area contributed by atoms with Gasteiger partial charge in [-0.1, -0.05) is 0 Å². The van der Waals surface area contributed by atoms with Crippen molar-refractivity contribution >= 4 is 0 Å². The van der Waals surface area contributed by atoms with Crippen LogP contribution < -0.4 is 0 Å². The van der Waals surface area contributed by atoms with Gasteiger partial charge in [-0.2, -0.15) is 0 Å². The molecule has 0 N–H and O–H groups in total. The third kappa shape index (κ3) is 2.46. The summed E-state index contributed by atoms with van der Waals surface area (Å²) in [6.07, 6.45) is 2.15. The van der Waals surface area contributed by atoms with E-state index in [-0.39, 0.29) is 12.2 Å². The van der Waals surface area contributed by atoms with Crippen LogP contribution in [-0.4, -0.2) is 24.4 Å². The van der Waals surface area contributed by atoms with E-state index in [2.05, 4.69) is 27.7 Å². The highest BCUT2D eigenvalue weighted by Crippen LogP contribution is 2.18. The summed E-state index contributed by atoms with van der Waals surface area (Å²) in [5.41, 5.74) is 0. The second-order valence-electron chi connectivity index (χ2n) is 3.54. The minimum absolute atomic E-state index is 0.231. The van der Waals surface area contributed by atoms with Gasteiger partial charge in [-0.05, 0) is 34.1 Å². The van der Waals surface area contributed by atoms with Crippen molar-refractivity contribution in [3.05, 3.63) is 0 Å². The summed E-state index contributed by atoms with van der Waals surface area (Å²) in [5.74, 6) is 0. The van der Waals surface area contributed by atoms with Crippen molar-refractivity contribution in [1.29, 1.82) is 0 Å². The fourth-order valence-electron chi connectivity index (χ4n) is 1.53. The minimum atomic E-state index is 0.231. The average Bonchev–Trinajstić information content (AvgIpc) is 1.93. The van der Waals surface area contributed by atoms with E-state index in [9.17, 15) is 0 Å². The van der Waals surface area contributed by atoms with E-state index >= 15 is 0 Å². The van der Waals surface area contributed by atoms with Gasteiger partial charge in [0, 0.05) is 0 Å². The molecule has 11 heavy (non-hydrogen) atoms. The maximum Gasteiger partial charge on any atom is 0.0809 e. The lowest BCUT2D eigenvalue weighted by atomic mass is 10.2. The molecule has 1 saturated heterocycles.